The van der Waals surface area contributed by atoms with Gasteiger partial charge >= 0.3 is 0 Å². The highest BCUT2D eigenvalue weighted by Gasteiger charge is 2.48. The molecule has 0 bridgehead atoms. The van der Waals surface area contributed by atoms with Crippen LogP contribution in [0.2, 0.25) is 0 Å². The fourth-order valence-corrected chi connectivity index (χ4v) is 3.49. The zero-order valence-corrected chi connectivity index (χ0v) is 17.7. The molecule has 0 aliphatic carbocycles. The highest BCUT2D eigenvalue weighted by atomic mass is 16.7. The minimum Gasteiger partial charge on any atom is -0.394 e. The maximum Gasteiger partial charge on any atom is 0.187 e. The molecule has 2 fully saturated rings. The first kappa shape index (κ1) is 29.3. The van der Waals surface area contributed by atoms with Gasteiger partial charge in [-0.15, -0.1) is 0 Å². The predicted molar refractivity (Wildman–Crippen MR) is 102 cm³/mol. The maximum absolute atomic E-state index is 11.1. The highest BCUT2D eigenvalue weighted by Crippen LogP contribution is 2.26. The number of aliphatic hydroxyl groups excluding tert-OH is 11. The molecule has 0 aromatic heterocycles. The second-order valence-corrected chi connectivity index (χ2v) is 8.01. The number of hydrogen-bond donors (Lipinski definition) is 11. The van der Waals surface area contributed by atoms with Crippen molar-refractivity contribution in [1.82, 2.24) is 0 Å². The third-order valence-electron chi connectivity index (χ3n) is 5.63. The van der Waals surface area contributed by atoms with Crippen LogP contribution in [-0.2, 0) is 23.7 Å². The Labute approximate surface area is 192 Å². The third kappa shape index (κ3) is 6.44. The molecule has 200 valence electrons. The average Bonchev–Trinajstić information content (AvgIpc) is 2.84. The number of aliphatic hydroxyl groups is 11. The van der Waals surface area contributed by atoms with Crippen LogP contribution in [0, 0.1) is 0 Å². The van der Waals surface area contributed by atoms with Crippen LogP contribution in [0.5, 0.6) is 0 Å². The van der Waals surface area contributed by atoms with Crippen molar-refractivity contribution in [1.29, 1.82) is 0 Å². The van der Waals surface area contributed by atoms with Gasteiger partial charge in [-0.05, 0) is 0 Å². The van der Waals surface area contributed by atoms with Gasteiger partial charge in [0.1, 0.15) is 73.2 Å². The summed E-state index contributed by atoms with van der Waals surface area (Å²) >= 11 is 0. The van der Waals surface area contributed by atoms with Gasteiger partial charge in [0.15, 0.2) is 18.9 Å². The molecular weight excluding hydrogens is 472 g/mol. The molecule has 14 atom stereocenters. The Bertz CT molecular complexity index is 621. The molecule has 0 spiro atoms. The van der Waals surface area contributed by atoms with Crippen LogP contribution >= 0.6 is 0 Å². The number of ether oxygens (including phenoxy) is 4. The molecule has 0 aromatic carbocycles. The van der Waals surface area contributed by atoms with Gasteiger partial charge in [0.2, 0.25) is 0 Å². The Morgan fingerprint density at radius 3 is 1.68 bits per heavy atom. The molecule has 2 saturated heterocycles. The largest absolute Gasteiger partial charge is 0.394 e. The van der Waals surface area contributed by atoms with Gasteiger partial charge in [0, 0.05) is 0 Å². The van der Waals surface area contributed by atoms with E-state index in [1.54, 1.807) is 0 Å². The Morgan fingerprint density at radius 2 is 1.21 bits per heavy atom. The van der Waals surface area contributed by atoms with E-state index in [2.05, 4.69) is 0 Å². The van der Waals surface area contributed by atoms with Gasteiger partial charge in [-0.25, -0.2) is 0 Å². The Balaban J connectivity index is 2.05. The van der Waals surface area contributed by atoms with Crippen LogP contribution in [0.15, 0.2) is 0 Å². The quantitative estimate of drug-likeness (QED) is 0.117. The van der Waals surface area contributed by atoms with E-state index in [0.717, 1.165) is 0 Å². The van der Waals surface area contributed by atoms with Gasteiger partial charge in [-0.2, -0.15) is 0 Å². The van der Waals surface area contributed by atoms with E-state index in [1.807, 2.05) is 0 Å². The summed E-state index contributed by atoms with van der Waals surface area (Å²) in [5.41, 5.74) is 0. The van der Waals surface area contributed by atoms with Crippen LogP contribution < -0.4 is 0 Å². The lowest BCUT2D eigenvalue weighted by Crippen LogP contribution is -2.61. The van der Waals surface area contributed by atoms with Crippen molar-refractivity contribution in [2.75, 3.05) is 19.8 Å². The topological polar surface area (TPSA) is 277 Å². The normalized spacial score (nSPS) is 42.6. The molecule has 2 aliphatic heterocycles. The lowest BCUT2D eigenvalue weighted by atomic mass is 9.98. The maximum atomic E-state index is 11.1. The monoisotopic (exact) mass is 504 g/mol. The SMILES string of the molecule is O=CC(O)C(O[C@H]1O[C@H](CO)[C@H](O)[C@H](O)[C@H]1O)C(O)C(O)CO[C@H]1O[C@H](CO)[C@H](O)[C@H](O)[C@H]1O. The van der Waals surface area contributed by atoms with Gasteiger partial charge in [0.25, 0.3) is 0 Å². The summed E-state index contributed by atoms with van der Waals surface area (Å²) in [6.45, 7) is -2.38. The fraction of sp³-hybridized carbons (Fsp3) is 0.944. The molecule has 16 nitrogen and oxygen atoms in total. The fourth-order valence-electron chi connectivity index (χ4n) is 3.49. The second-order valence-electron chi connectivity index (χ2n) is 8.01. The second kappa shape index (κ2) is 12.9. The molecule has 4 unspecified atom stereocenters. The average molecular weight is 504 g/mol. The van der Waals surface area contributed by atoms with Crippen molar-refractivity contribution in [3.8, 4) is 0 Å². The summed E-state index contributed by atoms with van der Waals surface area (Å²) in [4.78, 5) is 11.1. The van der Waals surface area contributed by atoms with Gasteiger partial charge in [0.05, 0.1) is 19.8 Å². The molecule has 34 heavy (non-hydrogen) atoms. The molecule has 0 radical (unpaired) electrons. The van der Waals surface area contributed by atoms with Gasteiger partial charge < -0.3 is 79.9 Å². The first-order chi connectivity index (χ1) is 16.0. The van der Waals surface area contributed by atoms with Crippen LogP contribution in [0.25, 0.3) is 0 Å². The minimum atomic E-state index is -2.11. The zero-order valence-electron chi connectivity index (χ0n) is 17.7. The Kier molecular flexibility index (Phi) is 11.1. The molecule has 2 rings (SSSR count). The highest BCUT2D eigenvalue weighted by molar-refractivity contribution is 5.56. The molecule has 2 heterocycles. The van der Waals surface area contributed by atoms with Crippen LogP contribution in [0.3, 0.4) is 0 Å². The van der Waals surface area contributed by atoms with Crippen molar-refractivity contribution < 1.29 is 79.9 Å². The predicted octanol–water partition coefficient (Wildman–Crippen LogP) is -7.73. The molecule has 0 amide bonds. The summed E-state index contributed by atoms with van der Waals surface area (Å²) in [6.07, 6.45) is -25.2. The van der Waals surface area contributed by atoms with Crippen molar-refractivity contribution >= 4 is 6.29 Å². The van der Waals surface area contributed by atoms with Crippen molar-refractivity contribution in [2.45, 2.75) is 85.8 Å². The first-order valence-electron chi connectivity index (χ1n) is 10.4. The van der Waals surface area contributed by atoms with Crippen LogP contribution in [-0.4, -0.2) is 168 Å². The summed E-state index contributed by atoms with van der Waals surface area (Å²) in [6, 6.07) is 0. The Morgan fingerprint density at radius 1 is 0.735 bits per heavy atom. The van der Waals surface area contributed by atoms with E-state index in [4.69, 9.17) is 18.9 Å². The van der Waals surface area contributed by atoms with E-state index >= 15 is 0 Å². The number of aldehydes is 1. The van der Waals surface area contributed by atoms with E-state index in [-0.39, 0.29) is 6.29 Å². The summed E-state index contributed by atoms with van der Waals surface area (Å²) < 4.78 is 20.4. The zero-order chi connectivity index (χ0) is 25.7. The molecule has 2 aliphatic rings. The smallest absolute Gasteiger partial charge is 0.187 e. The van der Waals surface area contributed by atoms with E-state index < -0.39 is 106 Å². The Hall–Kier alpha value is -0.930. The summed E-state index contributed by atoms with van der Waals surface area (Å²) in [5, 5.41) is 108. The number of carbonyl (C=O) groups excluding carboxylic acids is 1. The molecule has 0 saturated carbocycles. The van der Waals surface area contributed by atoms with Gasteiger partial charge in [-0.3, -0.25) is 0 Å². The number of hydrogen-bond acceptors (Lipinski definition) is 16. The van der Waals surface area contributed by atoms with Crippen molar-refractivity contribution in [2.24, 2.45) is 0 Å². The van der Waals surface area contributed by atoms with Crippen molar-refractivity contribution in [3.05, 3.63) is 0 Å². The molecule has 16 heteroatoms. The van der Waals surface area contributed by atoms with E-state index in [9.17, 15) is 61.0 Å². The number of rotatable bonds is 11. The first-order valence-corrected chi connectivity index (χ1v) is 10.4. The van der Waals surface area contributed by atoms with E-state index in [1.165, 1.54) is 0 Å². The van der Waals surface area contributed by atoms with Crippen LogP contribution in [0.1, 0.15) is 0 Å². The van der Waals surface area contributed by atoms with E-state index in [0.29, 0.717) is 0 Å². The summed E-state index contributed by atoms with van der Waals surface area (Å²) in [7, 11) is 0. The van der Waals surface area contributed by atoms with Gasteiger partial charge in [-0.1, -0.05) is 0 Å². The standard InChI is InChI=1S/C18H32O16/c19-1-5(22)16(34-18-15(30)13(28)11(26)8(3-21)33-18)9(24)6(23)4-31-17-14(29)12(27)10(25)7(2-20)32-17/h1,5-18,20-30H,2-4H2/t5?,6?,7-,8-,9?,10+,11+,12+,13+,14-,15-,16?,17+,18-/m1/s1. The summed E-state index contributed by atoms with van der Waals surface area (Å²) in [5.74, 6) is 0. The minimum absolute atomic E-state index is 0.0664. The molecule has 11 N–H and O–H groups in total. The number of carbonyl (C=O) groups is 1. The lowest BCUT2D eigenvalue weighted by molar-refractivity contribution is -0.327. The molecule has 0 aromatic rings. The third-order valence-corrected chi connectivity index (χ3v) is 5.63. The molecular formula is C18H32O16. The lowest BCUT2D eigenvalue weighted by Gasteiger charge is -2.42. The van der Waals surface area contributed by atoms with Crippen LogP contribution in [0.4, 0.5) is 0 Å². The van der Waals surface area contributed by atoms with Crippen molar-refractivity contribution in [3.63, 3.8) is 0 Å².